The van der Waals surface area contributed by atoms with Crippen LogP contribution in [-0.4, -0.2) is 37.0 Å². The lowest BCUT2D eigenvalue weighted by molar-refractivity contribution is 0.0972. The topological polar surface area (TPSA) is 55.6 Å². The molecule has 110 valence electrons. The minimum absolute atomic E-state index is 0.198. The fraction of sp³-hybridized carbons (Fsp3) is 0.643. The maximum absolute atomic E-state index is 12.3. The number of anilines is 2. The van der Waals surface area contributed by atoms with E-state index in [9.17, 15) is 4.79 Å². The second kappa shape index (κ2) is 5.48. The Morgan fingerprint density at radius 1 is 1.45 bits per heavy atom. The molecule has 2 aliphatic rings. The first-order valence-electron chi connectivity index (χ1n) is 6.98. The number of ketones is 1. The number of thioether (sulfide) groups is 1. The number of hydrogen-bond acceptors (Lipinski definition) is 6. The Morgan fingerprint density at radius 2 is 2.20 bits per heavy atom. The summed E-state index contributed by atoms with van der Waals surface area (Å²) >= 11 is 3.50. The van der Waals surface area contributed by atoms with E-state index in [4.69, 9.17) is 10.5 Å². The number of carbonyl (C=O) groups is 1. The second-order valence-electron chi connectivity index (χ2n) is 5.45. The zero-order valence-electron chi connectivity index (χ0n) is 11.8. The summed E-state index contributed by atoms with van der Waals surface area (Å²) in [6.45, 7) is 4.21. The van der Waals surface area contributed by atoms with Crippen molar-refractivity contribution < 1.29 is 9.53 Å². The predicted molar refractivity (Wildman–Crippen MR) is 86.5 cm³/mol. The highest BCUT2D eigenvalue weighted by molar-refractivity contribution is 8.00. The summed E-state index contributed by atoms with van der Waals surface area (Å²) in [5, 5.41) is 1.63. The third-order valence-electron chi connectivity index (χ3n) is 3.79. The van der Waals surface area contributed by atoms with E-state index in [0.29, 0.717) is 21.6 Å². The lowest BCUT2D eigenvalue weighted by atomic mass is 10.2. The molecule has 2 heterocycles. The van der Waals surface area contributed by atoms with Crippen LogP contribution in [0.25, 0.3) is 0 Å². The number of carbonyl (C=O) groups excluding carboxylic acids is 1. The molecule has 1 saturated heterocycles. The summed E-state index contributed by atoms with van der Waals surface area (Å²) < 4.78 is 5.48. The fourth-order valence-corrected chi connectivity index (χ4v) is 4.80. The van der Waals surface area contributed by atoms with E-state index in [2.05, 4.69) is 11.8 Å². The molecule has 2 fully saturated rings. The van der Waals surface area contributed by atoms with Crippen molar-refractivity contribution in [3.8, 4) is 5.75 Å². The van der Waals surface area contributed by atoms with Crippen LogP contribution in [0.5, 0.6) is 5.75 Å². The SMILES string of the molecule is COc1c(N2CCSC(C)C2)sc(C(=O)C2CC2)c1N. The van der Waals surface area contributed by atoms with Crippen LogP contribution in [0.15, 0.2) is 0 Å². The van der Waals surface area contributed by atoms with Gasteiger partial charge in [-0.2, -0.15) is 11.8 Å². The molecule has 0 radical (unpaired) electrons. The molecular formula is C14H20N2O2S2. The number of nitrogens with two attached hydrogens (primary N) is 1. The van der Waals surface area contributed by atoms with Crippen LogP contribution in [0.3, 0.4) is 0 Å². The van der Waals surface area contributed by atoms with E-state index in [1.807, 2.05) is 11.8 Å². The minimum Gasteiger partial charge on any atom is -0.492 e. The van der Waals surface area contributed by atoms with Gasteiger partial charge in [-0.3, -0.25) is 4.79 Å². The highest BCUT2D eigenvalue weighted by Gasteiger charge is 2.35. The van der Waals surface area contributed by atoms with E-state index in [1.54, 1.807) is 7.11 Å². The highest BCUT2D eigenvalue weighted by Crippen LogP contribution is 2.48. The minimum atomic E-state index is 0.198. The average Bonchev–Trinajstić information content (AvgIpc) is 3.22. The summed E-state index contributed by atoms with van der Waals surface area (Å²) in [7, 11) is 1.63. The Labute approximate surface area is 127 Å². The molecule has 0 spiro atoms. The van der Waals surface area contributed by atoms with Crippen molar-refractivity contribution in [2.45, 2.75) is 25.0 Å². The molecule has 1 saturated carbocycles. The summed E-state index contributed by atoms with van der Waals surface area (Å²) in [6, 6.07) is 0. The number of rotatable bonds is 4. The van der Waals surface area contributed by atoms with Crippen molar-refractivity contribution in [1.82, 2.24) is 0 Å². The number of nitrogens with zero attached hydrogens (tertiary/aromatic N) is 1. The van der Waals surface area contributed by atoms with Gasteiger partial charge in [0.2, 0.25) is 0 Å². The van der Waals surface area contributed by atoms with Gasteiger partial charge in [0.15, 0.2) is 11.5 Å². The van der Waals surface area contributed by atoms with E-state index in [0.717, 1.165) is 36.7 Å². The summed E-state index contributed by atoms with van der Waals surface area (Å²) in [5.41, 5.74) is 6.69. The van der Waals surface area contributed by atoms with Gasteiger partial charge in [-0.15, -0.1) is 11.3 Å². The van der Waals surface area contributed by atoms with Crippen molar-refractivity contribution >= 4 is 39.6 Å². The van der Waals surface area contributed by atoms with Gasteiger partial charge in [-0.05, 0) is 12.8 Å². The van der Waals surface area contributed by atoms with Crippen molar-refractivity contribution in [3.63, 3.8) is 0 Å². The molecule has 1 aromatic rings. The van der Waals surface area contributed by atoms with E-state index >= 15 is 0 Å². The first-order chi connectivity index (χ1) is 9.61. The molecule has 1 aliphatic carbocycles. The molecule has 4 nitrogen and oxygen atoms in total. The van der Waals surface area contributed by atoms with E-state index < -0.39 is 0 Å². The van der Waals surface area contributed by atoms with Crippen LogP contribution in [0.2, 0.25) is 0 Å². The van der Waals surface area contributed by atoms with Crippen LogP contribution in [-0.2, 0) is 0 Å². The standard InChI is InChI=1S/C14H20N2O2S2/c1-8-7-16(5-6-19-8)14-12(18-2)10(15)13(20-14)11(17)9-3-4-9/h8-9H,3-7,15H2,1-2H3. The molecule has 20 heavy (non-hydrogen) atoms. The van der Waals surface area contributed by atoms with Crippen LogP contribution in [0.1, 0.15) is 29.4 Å². The largest absolute Gasteiger partial charge is 0.492 e. The van der Waals surface area contributed by atoms with Gasteiger partial charge in [-0.1, -0.05) is 6.92 Å². The number of thiophene rings is 1. The van der Waals surface area contributed by atoms with E-state index in [-0.39, 0.29) is 11.7 Å². The van der Waals surface area contributed by atoms with Crippen molar-refractivity contribution in [2.75, 3.05) is 36.6 Å². The first-order valence-corrected chi connectivity index (χ1v) is 8.85. The Morgan fingerprint density at radius 3 is 2.80 bits per heavy atom. The quantitative estimate of drug-likeness (QED) is 0.866. The Bertz CT molecular complexity index is 525. The molecule has 1 aromatic heterocycles. The summed E-state index contributed by atoms with van der Waals surface area (Å²) in [5.74, 6) is 2.20. The fourth-order valence-electron chi connectivity index (χ4n) is 2.54. The molecule has 6 heteroatoms. The Balaban J connectivity index is 1.93. The molecule has 0 amide bonds. The average molecular weight is 312 g/mol. The van der Waals surface area contributed by atoms with Crippen LogP contribution >= 0.6 is 23.1 Å². The zero-order chi connectivity index (χ0) is 14.3. The number of Topliss-reactive ketones (excluding diaryl/α,β-unsaturated/α-hetero) is 1. The highest BCUT2D eigenvalue weighted by atomic mass is 32.2. The third kappa shape index (κ3) is 2.51. The van der Waals surface area contributed by atoms with Gasteiger partial charge in [0.05, 0.1) is 17.7 Å². The van der Waals surface area contributed by atoms with E-state index in [1.165, 1.54) is 11.3 Å². The van der Waals surface area contributed by atoms with Gasteiger partial charge >= 0.3 is 0 Å². The monoisotopic (exact) mass is 312 g/mol. The number of hydrogen-bond donors (Lipinski definition) is 1. The molecule has 0 bridgehead atoms. The smallest absolute Gasteiger partial charge is 0.178 e. The first kappa shape index (κ1) is 14.1. The van der Waals surface area contributed by atoms with Gasteiger partial charge < -0.3 is 15.4 Å². The molecule has 1 unspecified atom stereocenters. The molecule has 0 aromatic carbocycles. The number of ether oxygens (including phenoxy) is 1. The number of methoxy groups -OCH3 is 1. The van der Waals surface area contributed by atoms with Crippen molar-refractivity contribution in [2.24, 2.45) is 5.92 Å². The molecule has 1 aliphatic heterocycles. The van der Waals surface area contributed by atoms with Crippen molar-refractivity contribution in [3.05, 3.63) is 4.88 Å². The van der Waals surface area contributed by atoms with Crippen LogP contribution in [0.4, 0.5) is 10.7 Å². The van der Waals surface area contributed by atoms with Gasteiger partial charge in [0.1, 0.15) is 5.00 Å². The predicted octanol–water partition coefficient (Wildman–Crippen LogP) is 2.87. The van der Waals surface area contributed by atoms with Crippen LogP contribution < -0.4 is 15.4 Å². The van der Waals surface area contributed by atoms with Gasteiger partial charge in [0, 0.05) is 30.0 Å². The maximum atomic E-state index is 12.3. The third-order valence-corrected chi connectivity index (χ3v) is 6.19. The lowest BCUT2D eigenvalue weighted by Crippen LogP contribution is -2.36. The van der Waals surface area contributed by atoms with Gasteiger partial charge in [-0.25, -0.2) is 0 Å². The summed E-state index contributed by atoms with van der Waals surface area (Å²) in [4.78, 5) is 15.3. The maximum Gasteiger partial charge on any atom is 0.178 e. The normalized spacial score (nSPS) is 22.9. The molecular weight excluding hydrogens is 292 g/mol. The molecule has 3 rings (SSSR count). The summed E-state index contributed by atoms with van der Waals surface area (Å²) in [6.07, 6.45) is 2.01. The Kier molecular flexibility index (Phi) is 3.86. The van der Waals surface area contributed by atoms with Gasteiger partial charge in [0.25, 0.3) is 0 Å². The number of nitrogen functional groups attached to an aromatic ring is 1. The lowest BCUT2D eigenvalue weighted by Gasteiger charge is -2.31. The molecule has 2 N–H and O–H groups in total. The second-order valence-corrected chi connectivity index (χ2v) is 7.99. The van der Waals surface area contributed by atoms with Crippen LogP contribution in [0, 0.1) is 5.92 Å². The molecule has 1 atom stereocenters. The Hall–Kier alpha value is -0.880. The van der Waals surface area contributed by atoms with Crippen molar-refractivity contribution in [1.29, 1.82) is 0 Å². The zero-order valence-corrected chi connectivity index (χ0v) is 13.5.